The van der Waals surface area contributed by atoms with Gasteiger partial charge in [0.2, 0.25) is 5.72 Å². The molecule has 1 aliphatic rings. The summed E-state index contributed by atoms with van der Waals surface area (Å²) in [7, 11) is 1.33. The minimum atomic E-state index is -1.05. The second kappa shape index (κ2) is 4.32. The van der Waals surface area contributed by atoms with E-state index in [0.717, 1.165) is 0 Å². The van der Waals surface area contributed by atoms with Crippen molar-refractivity contribution >= 4 is 0 Å². The molecule has 1 saturated heterocycles. The van der Waals surface area contributed by atoms with E-state index in [1.807, 2.05) is 0 Å². The van der Waals surface area contributed by atoms with Crippen molar-refractivity contribution in [2.45, 2.75) is 30.7 Å². The molecule has 0 aliphatic carbocycles. The molecule has 0 aromatic carbocycles. The molecule has 5 atom stereocenters. The van der Waals surface area contributed by atoms with Crippen LogP contribution in [0.15, 0.2) is 0 Å². The van der Waals surface area contributed by atoms with Gasteiger partial charge in [-0.15, -0.1) is 0 Å². The number of ether oxygens (including phenoxy) is 2. The Bertz CT molecular complexity index is 223. The topological polar surface area (TPSA) is 99.4 Å². The largest absolute Gasteiger partial charge is 0.394 e. The fourth-order valence-corrected chi connectivity index (χ4v) is 1.20. The molecule has 0 amide bonds. The quantitative estimate of drug-likeness (QED) is 0.374. The summed E-state index contributed by atoms with van der Waals surface area (Å²) in [5.74, 6) is 0. The van der Waals surface area contributed by atoms with E-state index < -0.39 is 30.7 Å². The van der Waals surface area contributed by atoms with Gasteiger partial charge in [-0.3, -0.25) is 0 Å². The third kappa shape index (κ3) is 1.98. The fraction of sp³-hybridized carbons (Fsp3) is 1.00. The molecule has 78 valence electrons. The number of rotatable bonds is 6. The Morgan fingerprint density at radius 2 is 2.08 bits per heavy atom. The first-order valence-electron chi connectivity index (χ1n) is 5.49. The summed E-state index contributed by atoms with van der Waals surface area (Å²) >= 11 is 0. The Morgan fingerprint density at radius 3 is 2.62 bits per heavy atom. The lowest BCUT2D eigenvalue weighted by molar-refractivity contribution is -0.294. The predicted octanol–water partition coefficient (Wildman–Crippen LogP) is -2.57. The van der Waals surface area contributed by atoms with Crippen LogP contribution >= 0.6 is 0 Å². The maximum Gasteiger partial charge on any atom is 0.211 e. The van der Waals surface area contributed by atoms with E-state index in [1.54, 1.807) is 0 Å². The van der Waals surface area contributed by atoms with Crippen LogP contribution in [0.1, 0.15) is 0 Å². The molecule has 1 fully saturated rings. The van der Waals surface area contributed by atoms with Crippen molar-refractivity contribution in [2.75, 3.05) is 13.7 Å². The van der Waals surface area contributed by atoms with Crippen molar-refractivity contribution in [3.8, 4) is 0 Å². The molecule has 0 aromatic rings. The van der Waals surface area contributed by atoms with E-state index in [1.165, 1.54) is 7.11 Å². The van der Waals surface area contributed by atoms with Crippen molar-refractivity contribution in [1.29, 1.82) is 5.72 Å². The highest BCUT2D eigenvalue weighted by Gasteiger charge is 2.43. The standard InChI is InChI=1S/C7H14O6/c1-12-7-6(11)5(10)4(9)3(2-8)13-7/h3-11H,2H2,1H3/t3-,4+,5+,6-,7-/m1/s1/i8D,9D,10D,11D. The molecule has 0 radical (unpaired) electrons. The van der Waals surface area contributed by atoms with E-state index in [4.69, 9.17) is 15.2 Å². The molecule has 0 saturated carbocycles. The third-order valence-electron chi connectivity index (χ3n) is 1.99. The Morgan fingerprint density at radius 1 is 1.31 bits per heavy atom. The molecule has 6 heteroatoms. The molecule has 1 rings (SSSR count). The average Bonchev–Trinajstić information content (AvgIpc) is 2.37. The number of aliphatic hydroxyl groups is 4. The molecule has 6 nitrogen and oxygen atoms in total. The van der Waals surface area contributed by atoms with Crippen LogP contribution in [-0.4, -0.2) is 70.6 Å². The minimum absolute atomic E-state index is 0.187. The van der Waals surface area contributed by atoms with Gasteiger partial charge in [0.25, 0.3) is 0 Å². The zero-order chi connectivity index (χ0) is 12.8. The van der Waals surface area contributed by atoms with Crippen LogP contribution in [0.25, 0.3) is 0 Å². The van der Waals surface area contributed by atoms with Crippen LogP contribution in [0.4, 0.5) is 0 Å². The third-order valence-corrected chi connectivity index (χ3v) is 1.99. The lowest BCUT2D eigenvalue weighted by atomic mass is 9.99. The van der Waals surface area contributed by atoms with Gasteiger partial charge in [0, 0.05) is 7.11 Å². The van der Waals surface area contributed by atoms with Crippen molar-refractivity contribution in [1.82, 2.24) is 0 Å². The predicted molar refractivity (Wildman–Crippen MR) is 40.8 cm³/mol. The summed E-state index contributed by atoms with van der Waals surface area (Å²) in [6.45, 7) is -0.187. The number of methoxy groups -OCH3 is 1. The lowest BCUT2D eigenvalue weighted by Gasteiger charge is -2.38. The van der Waals surface area contributed by atoms with Gasteiger partial charge < -0.3 is 29.9 Å². The fourth-order valence-electron chi connectivity index (χ4n) is 1.20. The molecule has 0 unspecified atom stereocenters. The van der Waals surface area contributed by atoms with Crippen LogP contribution in [0.5, 0.6) is 0 Å². The normalized spacial score (nSPS) is 50.4. The zero-order valence-corrected chi connectivity index (χ0v) is 7.04. The molecule has 0 bridgehead atoms. The summed E-state index contributed by atoms with van der Waals surface area (Å²) in [5.41, 5.74) is 0. The molecule has 0 spiro atoms. The van der Waals surface area contributed by atoms with E-state index in [-0.39, 0.29) is 6.61 Å². The molecular formula is C7H14O6. The first kappa shape index (κ1) is 6.28. The average molecular weight is 198 g/mol. The van der Waals surface area contributed by atoms with Gasteiger partial charge in [0.05, 0.1) is 6.61 Å². The van der Waals surface area contributed by atoms with Gasteiger partial charge in [0.15, 0.2) is 6.29 Å². The molecule has 0 aromatic heterocycles. The van der Waals surface area contributed by atoms with Gasteiger partial charge >= 0.3 is 0 Å². The van der Waals surface area contributed by atoms with Crippen molar-refractivity contribution < 1.29 is 29.9 Å². The minimum Gasteiger partial charge on any atom is -0.394 e. The van der Waals surface area contributed by atoms with E-state index >= 15 is 0 Å². The van der Waals surface area contributed by atoms with Gasteiger partial charge in [-0.25, -0.2) is 0 Å². The van der Waals surface area contributed by atoms with Crippen molar-refractivity contribution in [2.24, 2.45) is 0 Å². The number of aliphatic hydroxyl groups excluding tert-OH is 4. The summed E-state index contributed by atoms with van der Waals surface area (Å²) in [6, 6.07) is 0. The van der Waals surface area contributed by atoms with Crippen LogP contribution < -0.4 is 0 Å². The first-order valence-corrected chi connectivity index (χ1v) is 3.85. The Hall–Kier alpha value is -0.240. The highest BCUT2D eigenvalue weighted by atomic mass is 16.7. The summed E-state index contributed by atoms with van der Waals surface area (Å²) in [4.78, 5) is 0. The Kier molecular flexibility index (Phi) is 2.09. The first-order chi connectivity index (χ1) is 8.23. The maximum atomic E-state index is 6.93. The van der Waals surface area contributed by atoms with Crippen molar-refractivity contribution in [3.63, 3.8) is 0 Å². The summed E-state index contributed by atoms with van der Waals surface area (Å²) < 4.78 is 37.6. The monoisotopic (exact) mass is 198 g/mol. The Balaban J connectivity index is 2.84. The van der Waals surface area contributed by atoms with Gasteiger partial charge in [-0.05, 0) is 0 Å². The SMILES string of the molecule is [2H]OC[C@H]1O[C@@H](OC)[C@H](O[2H])[C@@H](O[2H])[C@H]1O[2H]. The second-order valence-electron chi connectivity index (χ2n) is 2.84. The lowest BCUT2D eigenvalue weighted by Crippen LogP contribution is -2.58. The summed E-state index contributed by atoms with van der Waals surface area (Å²) in [5, 5.41) is 17.3. The molecule has 1 aliphatic heterocycles. The number of hydrogen-bond acceptors (Lipinski definition) is 6. The maximum absolute atomic E-state index is 6.93. The van der Waals surface area contributed by atoms with E-state index in [0.29, 0.717) is 0 Å². The van der Waals surface area contributed by atoms with Crippen molar-refractivity contribution in [3.05, 3.63) is 0 Å². The van der Waals surface area contributed by atoms with E-state index in [9.17, 15) is 0 Å². The second-order valence-corrected chi connectivity index (χ2v) is 2.84. The molecule has 4 N–H and O–H groups in total. The molecule has 13 heavy (non-hydrogen) atoms. The van der Waals surface area contributed by atoms with Crippen LogP contribution in [-0.2, 0) is 9.47 Å². The highest BCUT2D eigenvalue weighted by molar-refractivity contribution is 4.88. The van der Waals surface area contributed by atoms with Gasteiger partial charge in [-0.1, -0.05) is 0 Å². The van der Waals surface area contributed by atoms with Crippen LogP contribution in [0, 0.1) is 0 Å². The van der Waals surface area contributed by atoms with E-state index in [2.05, 4.69) is 20.4 Å². The van der Waals surface area contributed by atoms with Crippen LogP contribution in [0.3, 0.4) is 0 Å². The smallest absolute Gasteiger partial charge is 0.211 e. The summed E-state index contributed by atoms with van der Waals surface area (Å²) in [6.07, 6.45) is -4.88. The van der Waals surface area contributed by atoms with Gasteiger partial charge in [-0.2, -0.15) is 0 Å². The Labute approximate surface area is 81.3 Å². The number of hydrogen-bond donors (Lipinski definition) is 4. The molecule has 1 heterocycles. The molecular weight excluding hydrogens is 180 g/mol. The highest BCUT2D eigenvalue weighted by Crippen LogP contribution is 2.20. The van der Waals surface area contributed by atoms with Crippen LogP contribution in [0.2, 0.25) is 0 Å². The van der Waals surface area contributed by atoms with Gasteiger partial charge in [0.1, 0.15) is 24.4 Å². The zero-order valence-electron chi connectivity index (χ0n) is 11.0.